The number of carboxylic acids is 1. The molecule has 2 N–H and O–H groups in total. The molecular weight excluding hydrogens is 305 g/mol. The third-order valence-electron chi connectivity index (χ3n) is 2.91. The van der Waals surface area contributed by atoms with Gasteiger partial charge >= 0.3 is 12.1 Å². The Bertz CT molecular complexity index is 562. The third-order valence-corrected chi connectivity index (χ3v) is 2.91. The van der Waals surface area contributed by atoms with Crippen LogP contribution in [0.4, 0.5) is 13.2 Å². The maximum atomic E-state index is 12.1. The molecular formula is C13H15F3N2O4. The Labute approximate surface area is 124 Å². The summed E-state index contributed by atoms with van der Waals surface area (Å²) in [6, 6.07) is 3.70. The number of aromatic nitrogens is 1. The number of hydrogen-bond donors (Lipinski definition) is 2. The first-order valence-corrected chi connectivity index (χ1v) is 6.30. The summed E-state index contributed by atoms with van der Waals surface area (Å²) in [6.45, 7) is 1.36. The van der Waals surface area contributed by atoms with Gasteiger partial charge in [0, 0.05) is 6.07 Å². The van der Waals surface area contributed by atoms with Crippen LogP contribution in [0.1, 0.15) is 30.8 Å². The van der Waals surface area contributed by atoms with Crippen LogP contribution in [0.15, 0.2) is 18.2 Å². The van der Waals surface area contributed by atoms with Gasteiger partial charge in [0.2, 0.25) is 5.88 Å². The highest BCUT2D eigenvalue weighted by Gasteiger charge is 2.33. The van der Waals surface area contributed by atoms with Gasteiger partial charge in [0.15, 0.2) is 6.61 Å². The zero-order valence-electron chi connectivity index (χ0n) is 11.9. The van der Waals surface area contributed by atoms with Crippen molar-refractivity contribution in [1.29, 1.82) is 0 Å². The van der Waals surface area contributed by atoms with Crippen LogP contribution in [0.25, 0.3) is 0 Å². The molecule has 1 rings (SSSR count). The molecule has 1 aromatic rings. The van der Waals surface area contributed by atoms with Crippen LogP contribution in [0.5, 0.6) is 5.88 Å². The zero-order chi connectivity index (χ0) is 17.0. The van der Waals surface area contributed by atoms with Crippen LogP contribution in [0, 0.1) is 0 Å². The number of nitrogens with zero attached hydrogens (tertiary/aromatic N) is 1. The number of alkyl halides is 3. The number of carboxylic acid groups (broad SMARTS) is 1. The van der Waals surface area contributed by atoms with Gasteiger partial charge in [-0.1, -0.05) is 13.0 Å². The Morgan fingerprint density at radius 3 is 2.50 bits per heavy atom. The van der Waals surface area contributed by atoms with Gasteiger partial charge in [0.05, 0.1) is 0 Å². The molecule has 122 valence electrons. The summed E-state index contributed by atoms with van der Waals surface area (Å²) in [5, 5.41) is 11.4. The largest absolute Gasteiger partial charge is 0.480 e. The van der Waals surface area contributed by atoms with Gasteiger partial charge in [-0.15, -0.1) is 0 Å². The second kappa shape index (κ2) is 6.63. The summed E-state index contributed by atoms with van der Waals surface area (Å²) in [4.78, 5) is 26.7. The highest BCUT2D eigenvalue weighted by molar-refractivity contribution is 5.96. The van der Waals surface area contributed by atoms with E-state index in [1.54, 1.807) is 6.92 Å². The molecule has 0 bridgehead atoms. The van der Waals surface area contributed by atoms with Crippen molar-refractivity contribution in [2.24, 2.45) is 0 Å². The Kier molecular flexibility index (Phi) is 5.34. The molecule has 0 aliphatic rings. The summed E-state index contributed by atoms with van der Waals surface area (Å²) in [6.07, 6.45) is -4.40. The Balaban J connectivity index is 2.84. The molecule has 0 saturated carbocycles. The summed E-state index contributed by atoms with van der Waals surface area (Å²) >= 11 is 0. The second-order valence-corrected chi connectivity index (χ2v) is 4.71. The quantitative estimate of drug-likeness (QED) is 0.837. The fourth-order valence-electron chi connectivity index (χ4n) is 1.39. The predicted molar refractivity (Wildman–Crippen MR) is 69.6 cm³/mol. The average molecular weight is 320 g/mol. The van der Waals surface area contributed by atoms with Gasteiger partial charge < -0.3 is 15.2 Å². The van der Waals surface area contributed by atoms with Gasteiger partial charge in [-0.2, -0.15) is 13.2 Å². The molecule has 22 heavy (non-hydrogen) atoms. The van der Waals surface area contributed by atoms with Crippen molar-refractivity contribution >= 4 is 11.9 Å². The van der Waals surface area contributed by atoms with E-state index in [1.807, 2.05) is 0 Å². The SMILES string of the molecule is CCC(C)(NC(=O)c1cccc(OCC(F)(F)F)n1)C(=O)O. The van der Waals surface area contributed by atoms with E-state index in [0.717, 1.165) is 0 Å². The average Bonchev–Trinajstić information content (AvgIpc) is 2.44. The number of aliphatic carboxylic acids is 1. The van der Waals surface area contributed by atoms with E-state index >= 15 is 0 Å². The highest BCUT2D eigenvalue weighted by Crippen LogP contribution is 2.17. The lowest BCUT2D eigenvalue weighted by Gasteiger charge is -2.24. The smallest absolute Gasteiger partial charge is 0.422 e. The van der Waals surface area contributed by atoms with Crippen molar-refractivity contribution in [2.45, 2.75) is 32.0 Å². The molecule has 0 aromatic carbocycles. The fourth-order valence-corrected chi connectivity index (χ4v) is 1.39. The predicted octanol–water partition coefficient (Wildman–Crippen LogP) is 2.01. The number of hydrogen-bond acceptors (Lipinski definition) is 4. The number of ether oxygens (including phenoxy) is 1. The monoisotopic (exact) mass is 320 g/mol. The molecule has 1 heterocycles. The van der Waals surface area contributed by atoms with Gasteiger partial charge in [-0.25, -0.2) is 9.78 Å². The maximum Gasteiger partial charge on any atom is 0.422 e. The molecule has 1 amide bonds. The number of amides is 1. The lowest BCUT2D eigenvalue weighted by atomic mass is 9.99. The topological polar surface area (TPSA) is 88.5 Å². The van der Waals surface area contributed by atoms with E-state index in [4.69, 9.17) is 5.11 Å². The van der Waals surface area contributed by atoms with Gasteiger partial charge in [0.25, 0.3) is 5.91 Å². The van der Waals surface area contributed by atoms with Crippen LogP contribution in [-0.4, -0.2) is 40.3 Å². The van der Waals surface area contributed by atoms with E-state index in [2.05, 4.69) is 15.0 Å². The van der Waals surface area contributed by atoms with Crippen molar-refractivity contribution in [3.63, 3.8) is 0 Å². The van der Waals surface area contributed by atoms with Gasteiger partial charge in [0.1, 0.15) is 11.2 Å². The van der Waals surface area contributed by atoms with E-state index in [-0.39, 0.29) is 18.0 Å². The van der Waals surface area contributed by atoms with Crippen molar-refractivity contribution in [3.05, 3.63) is 23.9 Å². The molecule has 1 unspecified atom stereocenters. The van der Waals surface area contributed by atoms with Gasteiger partial charge in [-0.05, 0) is 19.4 Å². The Morgan fingerprint density at radius 1 is 1.36 bits per heavy atom. The zero-order valence-corrected chi connectivity index (χ0v) is 11.9. The highest BCUT2D eigenvalue weighted by atomic mass is 19.4. The van der Waals surface area contributed by atoms with Crippen LogP contribution in [-0.2, 0) is 4.79 Å². The number of rotatable bonds is 6. The minimum atomic E-state index is -4.52. The Hall–Kier alpha value is -2.32. The number of halogens is 3. The second-order valence-electron chi connectivity index (χ2n) is 4.71. The normalized spacial score (nSPS) is 14.0. The number of pyridine rings is 1. The van der Waals surface area contributed by atoms with E-state index in [9.17, 15) is 22.8 Å². The minimum Gasteiger partial charge on any atom is -0.480 e. The van der Waals surface area contributed by atoms with Crippen molar-refractivity contribution in [3.8, 4) is 5.88 Å². The van der Waals surface area contributed by atoms with E-state index in [0.29, 0.717) is 0 Å². The summed E-state index contributed by atoms with van der Waals surface area (Å²) in [5.74, 6) is -2.42. The molecule has 9 heteroatoms. The van der Waals surface area contributed by atoms with Crippen LogP contribution in [0.2, 0.25) is 0 Å². The molecule has 6 nitrogen and oxygen atoms in total. The molecule has 0 radical (unpaired) electrons. The third kappa shape index (κ3) is 4.90. The molecule has 0 saturated heterocycles. The number of nitrogens with one attached hydrogen (secondary N) is 1. The van der Waals surface area contributed by atoms with Crippen molar-refractivity contribution in [2.75, 3.05) is 6.61 Å². The minimum absolute atomic E-state index is 0.123. The molecule has 0 spiro atoms. The first kappa shape index (κ1) is 17.7. The summed E-state index contributed by atoms with van der Waals surface area (Å²) in [7, 11) is 0. The molecule has 0 fully saturated rings. The summed E-state index contributed by atoms with van der Waals surface area (Å²) < 4.78 is 40.6. The maximum absolute atomic E-state index is 12.1. The molecule has 0 aliphatic heterocycles. The lowest BCUT2D eigenvalue weighted by Crippen LogP contribution is -2.51. The van der Waals surface area contributed by atoms with Crippen LogP contribution >= 0.6 is 0 Å². The fraction of sp³-hybridized carbons (Fsp3) is 0.462. The van der Waals surface area contributed by atoms with E-state index in [1.165, 1.54) is 25.1 Å². The van der Waals surface area contributed by atoms with Gasteiger partial charge in [-0.3, -0.25) is 4.79 Å². The molecule has 1 aromatic heterocycles. The van der Waals surface area contributed by atoms with Crippen LogP contribution < -0.4 is 10.1 Å². The first-order chi connectivity index (χ1) is 10.1. The lowest BCUT2D eigenvalue weighted by molar-refractivity contribution is -0.154. The Morgan fingerprint density at radius 2 is 2.00 bits per heavy atom. The number of carbonyl (C=O) groups excluding carboxylic acids is 1. The van der Waals surface area contributed by atoms with Crippen molar-refractivity contribution in [1.82, 2.24) is 10.3 Å². The molecule has 1 atom stereocenters. The molecule has 0 aliphatic carbocycles. The first-order valence-electron chi connectivity index (χ1n) is 6.30. The summed E-state index contributed by atoms with van der Waals surface area (Å²) in [5.41, 5.74) is -1.73. The van der Waals surface area contributed by atoms with E-state index < -0.39 is 30.2 Å². The van der Waals surface area contributed by atoms with Crippen molar-refractivity contribution < 1.29 is 32.6 Å². The number of carbonyl (C=O) groups is 2. The van der Waals surface area contributed by atoms with Crippen LogP contribution in [0.3, 0.4) is 0 Å². The standard InChI is InChI=1S/C13H15F3N2O4/c1-3-12(2,11(20)21)18-10(19)8-5-4-6-9(17-8)22-7-13(14,15)16/h4-6H,3,7H2,1-2H3,(H,18,19)(H,20,21).